The van der Waals surface area contributed by atoms with E-state index in [9.17, 15) is 14.7 Å². The third kappa shape index (κ3) is 4.32. The van der Waals surface area contributed by atoms with Crippen LogP contribution >= 0.6 is 0 Å². The molecule has 0 radical (unpaired) electrons. The minimum absolute atomic E-state index is 0.158. The second-order valence-corrected chi connectivity index (χ2v) is 5.68. The Morgan fingerprint density at radius 1 is 1.08 bits per heavy atom. The van der Waals surface area contributed by atoms with Crippen LogP contribution in [0, 0.1) is 0 Å². The summed E-state index contributed by atoms with van der Waals surface area (Å²) in [5.41, 5.74) is 7.00. The molecule has 6 nitrogen and oxygen atoms in total. The molecule has 1 heterocycles. The van der Waals surface area contributed by atoms with Gasteiger partial charge in [0.1, 0.15) is 11.6 Å². The average Bonchev–Trinajstić information content (AvgIpc) is 2.62. The lowest BCUT2D eigenvalue weighted by Crippen LogP contribution is -2.46. The van der Waals surface area contributed by atoms with E-state index in [-0.39, 0.29) is 6.54 Å². The largest absolute Gasteiger partial charge is 0.480 e. The predicted molar refractivity (Wildman–Crippen MR) is 94.0 cm³/mol. The standard InChI is InChI=1S/C19H18N2O4/c22-18(23)16(10-13-6-2-1-3-7-13)21-20-12-15-11-14-8-4-5-9-17(14)25-19(15)24/h1-9,11,16,20-21H,10,12H2,(H,22,23)/t16-/m0/s1. The molecule has 1 aromatic heterocycles. The van der Waals surface area contributed by atoms with Crippen LogP contribution in [0.3, 0.4) is 0 Å². The van der Waals surface area contributed by atoms with E-state index in [2.05, 4.69) is 10.9 Å². The Hall–Kier alpha value is -2.96. The molecular formula is C19H18N2O4. The molecule has 3 aromatic rings. The number of hydrogen-bond acceptors (Lipinski definition) is 5. The van der Waals surface area contributed by atoms with Gasteiger partial charge in [-0.2, -0.15) is 0 Å². The van der Waals surface area contributed by atoms with Gasteiger partial charge in [-0.25, -0.2) is 10.2 Å². The number of nitrogens with one attached hydrogen (secondary N) is 2. The van der Waals surface area contributed by atoms with Crippen LogP contribution in [0.4, 0.5) is 0 Å². The van der Waals surface area contributed by atoms with E-state index in [0.29, 0.717) is 17.6 Å². The fourth-order valence-electron chi connectivity index (χ4n) is 2.55. The zero-order chi connectivity index (χ0) is 17.6. The van der Waals surface area contributed by atoms with E-state index in [0.717, 1.165) is 10.9 Å². The molecule has 0 unspecified atom stereocenters. The highest BCUT2D eigenvalue weighted by Crippen LogP contribution is 2.12. The Morgan fingerprint density at radius 2 is 1.80 bits per heavy atom. The fourth-order valence-corrected chi connectivity index (χ4v) is 2.55. The van der Waals surface area contributed by atoms with E-state index >= 15 is 0 Å². The maximum atomic E-state index is 12.0. The van der Waals surface area contributed by atoms with Crippen molar-refractivity contribution >= 4 is 16.9 Å². The summed E-state index contributed by atoms with van der Waals surface area (Å²) < 4.78 is 5.25. The van der Waals surface area contributed by atoms with E-state index in [1.165, 1.54) is 0 Å². The first-order valence-corrected chi connectivity index (χ1v) is 7.90. The van der Waals surface area contributed by atoms with Crippen molar-refractivity contribution in [2.75, 3.05) is 0 Å². The van der Waals surface area contributed by atoms with E-state index in [1.54, 1.807) is 18.2 Å². The minimum Gasteiger partial charge on any atom is -0.480 e. The van der Waals surface area contributed by atoms with Crippen LogP contribution in [-0.2, 0) is 17.8 Å². The van der Waals surface area contributed by atoms with Crippen LogP contribution in [-0.4, -0.2) is 17.1 Å². The first-order valence-electron chi connectivity index (χ1n) is 7.90. The van der Waals surface area contributed by atoms with Crippen molar-refractivity contribution in [3.05, 3.63) is 82.2 Å². The van der Waals surface area contributed by atoms with Gasteiger partial charge < -0.3 is 9.52 Å². The summed E-state index contributed by atoms with van der Waals surface area (Å²) in [5.74, 6) is -0.970. The number of carboxylic acids is 1. The van der Waals surface area contributed by atoms with Crippen LogP contribution in [0.1, 0.15) is 11.1 Å². The van der Waals surface area contributed by atoms with E-state index in [1.807, 2.05) is 42.5 Å². The summed E-state index contributed by atoms with van der Waals surface area (Å²) in [6.07, 6.45) is 0.329. The quantitative estimate of drug-likeness (QED) is 0.451. The number of fused-ring (bicyclic) bond motifs is 1. The summed E-state index contributed by atoms with van der Waals surface area (Å²) in [4.78, 5) is 23.4. The minimum atomic E-state index is -0.970. The Morgan fingerprint density at radius 3 is 2.56 bits per heavy atom. The Balaban J connectivity index is 1.65. The maximum Gasteiger partial charge on any atom is 0.340 e. The van der Waals surface area contributed by atoms with E-state index < -0.39 is 17.6 Å². The van der Waals surface area contributed by atoms with Crippen molar-refractivity contribution in [1.82, 2.24) is 10.9 Å². The van der Waals surface area contributed by atoms with Gasteiger partial charge in [-0.05, 0) is 24.1 Å². The summed E-state index contributed by atoms with van der Waals surface area (Å²) in [7, 11) is 0. The highest BCUT2D eigenvalue weighted by molar-refractivity contribution is 5.76. The molecule has 0 saturated carbocycles. The molecule has 3 rings (SSSR count). The maximum absolute atomic E-state index is 12.0. The zero-order valence-corrected chi connectivity index (χ0v) is 13.4. The Kier molecular flexibility index (Phi) is 5.23. The van der Waals surface area contributed by atoms with Crippen molar-refractivity contribution in [3.63, 3.8) is 0 Å². The molecule has 0 saturated heterocycles. The smallest absolute Gasteiger partial charge is 0.340 e. The molecule has 128 valence electrons. The van der Waals surface area contributed by atoms with Crippen molar-refractivity contribution in [2.45, 2.75) is 19.0 Å². The molecule has 1 atom stereocenters. The topological polar surface area (TPSA) is 91.6 Å². The van der Waals surface area contributed by atoms with Crippen LogP contribution in [0.15, 0.2) is 69.9 Å². The fraction of sp³-hybridized carbons (Fsp3) is 0.158. The van der Waals surface area contributed by atoms with Crippen molar-refractivity contribution in [3.8, 4) is 0 Å². The molecule has 0 aliphatic carbocycles. The molecule has 0 spiro atoms. The normalized spacial score (nSPS) is 12.2. The third-order valence-electron chi connectivity index (χ3n) is 3.85. The number of hydrogen-bond donors (Lipinski definition) is 3. The van der Waals surface area contributed by atoms with Crippen LogP contribution in [0.5, 0.6) is 0 Å². The van der Waals surface area contributed by atoms with Gasteiger partial charge in [-0.1, -0.05) is 48.5 Å². The van der Waals surface area contributed by atoms with Gasteiger partial charge in [0.15, 0.2) is 0 Å². The average molecular weight is 338 g/mol. The van der Waals surface area contributed by atoms with Gasteiger partial charge in [0.2, 0.25) is 0 Å². The highest BCUT2D eigenvalue weighted by atomic mass is 16.4. The van der Waals surface area contributed by atoms with Crippen molar-refractivity contribution in [2.24, 2.45) is 0 Å². The van der Waals surface area contributed by atoms with Gasteiger partial charge in [-0.15, -0.1) is 0 Å². The number of para-hydroxylation sites is 1. The SMILES string of the molecule is O=C(O)[C@H](Cc1ccccc1)NNCc1cc2ccccc2oc1=O. The van der Waals surface area contributed by atoms with Gasteiger partial charge in [0, 0.05) is 11.9 Å². The summed E-state index contributed by atoms with van der Waals surface area (Å²) in [5, 5.41) is 10.2. The van der Waals surface area contributed by atoms with Gasteiger partial charge in [0.05, 0.1) is 5.56 Å². The van der Waals surface area contributed by atoms with Crippen molar-refractivity contribution in [1.29, 1.82) is 0 Å². The van der Waals surface area contributed by atoms with Crippen LogP contribution in [0.2, 0.25) is 0 Å². The van der Waals surface area contributed by atoms with Crippen LogP contribution in [0.25, 0.3) is 11.0 Å². The number of carbonyl (C=O) groups is 1. The monoisotopic (exact) mass is 338 g/mol. The lowest BCUT2D eigenvalue weighted by Gasteiger charge is -2.15. The number of carboxylic acid groups (broad SMARTS) is 1. The molecule has 0 fully saturated rings. The molecule has 0 amide bonds. The second kappa shape index (κ2) is 7.74. The van der Waals surface area contributed by atoms with Crippen molar-refractivity contribution < 1.29 is 14.3 Å². The summed E-state index contributed by atoms with van der Waals surface area (Å²) in [6.45, 7) is 0.158. The number of benzene rings is 2. The summed E-state index contributed by atoms with van der Waals surface area (Å²) >= 11 is 0. The van der Waals surface area contributed by atoms with Gasteiger partial charge in [0.25, 0.3) is 0 Å². The molecule has 0 aliphatic rings. The molecular weight excluding hydrogens is 320 g/mol. The molecule has 0 bridgehead atoms. The third-order valence-corrected chi connectivity index (χ3v) is 3.85. The van der Waals surface area contributed by atoms with Crippen LogP contribution < -0.4 is 16.5 Å². The molecule has 2 aromatic carbocycles. The Bertz CT molecular complexity index is 921. The number of rotatable bonds is 7. The molecule has 0 aliphatic heterocycles. The second-order valence-electron chi connectivity index (χ2n) is 5.68. The first-order chi connectivity index (χ1) is 12.1. The lowest BCUT2D eigenvalue weighted by molar-refractivity contribution is -0.139. The lowest BCUT2D eigenvalue weighted by atomic mass is 10.1. The van der Waals surface area contributed by atoms with Gasteiger partial charge in [-0.3, -0.25) is 10.2 Å². The first kappa shape index (κ1) is 16.9. The Labute approximate surface area is 144 Å². The zero-order valence-electron chi connectivity index (χ0n) is 13.4. The number of aliphatic carboxylic acids is 1. The van der Waals surface area contributed by atoms with Gasteiger partial charge >= 0.3 is 11.6 Å². The molecule has 3 N–H and O–H groups in total. The summed E-state index contributed by atoms with van der Waals surface area (Å²) in [6, 6.07) is 17.5. The number of hydrazine groups is 1. The molecule has 25 heavy (non-hydrogen) atoms. The molecule has 6 heteroatoms. The highest BCUT2D eigenvalue weighted by Gasteiger charge is 2.17. The predicted octanol–water partition coefficient (Wildman–Crippen LogP) is 2.08. The van der Waals surface area contributed by atoms with E-state index in [4.69, 9.17) is 4.42 Å².